The molecule has 90 valence electrons. The molecule has 1 atom stereocenters. The van der Waals surface area contributed by atoms with Crippen molar-refractivity contribution in [2.45, 2.75) is 19.4 Å². The predicted molar refractivity (Wildman–Crippen MR) is 63.7 cm³/mol. The van der Waals surface area contributed by atoms with Gasteiger partial charge in [-0.25, -0.2) is 9.59 Å². The van der Waals surface area contributed by atoms with Gasteiger partial charge in [0.1, 0.15) is 0 Å². The van der Waals surface area contributed by atoms with Gasteiger partial charge < -0.3 is 9.47 Å². The molecular formula is C12H11BrO4. The molecule has 4 nitrogen and oxygen atoms in total. The summed E-state index contributed by atoms with van der Waals surface area (Å²) >= 11 is 3.33. The van der Waals surface area contributed by atoms with E-state index < -0.39 is 18.0 Å². The number of carbonyl (C=O) groups excluding carboxylic acids is 2. The summed E-state index contributed by atoms with van der Waals surface area (Å²) in [7, 11) is 0. The highest BCUT2D eigenvalue weighted by atomic mass is 79.9. The zero-order chi connectivity index (χ0) is 12.4. The van der Waals surface area contributed by atoms with E-state index in [-0.39, 0.29) is 6.61 Å². The lowest BCUT2D eigenvalue weighted by Gasteiger charge is -2.23. The van der Waals surface area contributed by atoms with E-state index >= 15 is 0 Å². The van der Waals surface area contributed by atoms with Crippen molar-refractivity contribution in [1.82, 2.24) is 0 Å². The van der Waals surface area contributed by atoms with E-state index in [2.05, 4.69) is 15.9 Å². The van der Waals surface area contributed by atoms with Gasteiger partial charge in [0.15, 0.2) is 0 Å². The second-order valence-electron chi connectivity index (χ2n) is 3.65. The molecule has 0 fully saturated rings. The largest absolute Gasteiger partial charge is 0.463 e. The quantitative estimate of drug-likeness (QED) is 0.785. The van der Waals surface area contributed by atoms with Gasteiger partial charge >= 0.3 is 11.9 Å². The van der Waals surface area contributed by atoms with Crippen molar-refractivity contribution < 1.29 is 19.1 Å². The van der Waals surface area contributed by atoms with Gasteiger partial charge in [-0.1, -0.05) is 15.9 Å². The van der Waals surface area contributed by atoms with E-state index in [0.29, 0.717) is 12.0 Å². The van der Waals surface area contributed by atoms with Crippen LogP contribution in [0.2, 0.25) is 0 Å². The Kier molecular flexibility index (Phi) is 3.47. The summed E-state index contributed by atoms with van der Waals surface area (Å²) in [6.07, 6.45) is -0.469. The first-order valence-electron chi connectivity index (χ1n) is 5.28. The predicted octanol–water partition coefficient (Wildman–Crippen LogP) is 2.09. The summed E-state index contributed by atoms with van der Waals surface area (Å²) in [4.78, 5) is 23.2. The van der Waals surface area contributed by atoms with Gasteiger partial charge in [-0.05, 0) is 30.7 Å². The first kappa shape index (κ1) is 12.1. The SMILES string of the molecule is CCOC(=O)C1Cc2cc(Br)ccc2C(=O)O1. The molecule has 0 N–H and O–H groups in total. The van der Waals surface area contributed by atoms with Crippen LogP contribution in [0.5, 0.6) is 0 Å². The third-order valence-electron chi connectivity index (χ3n) is 2.49. The third kappa shape index (κ3) is 2.49. The van der Waals surface area contributed by atoms with Crippen molar-refractivity contribution in [3.8, 4) is 0 Å². The number of hydrogen-bond donors (Lipinski definition) is 0. The molecule has 1 heterocycles. The minimum atomic E-state index is -0.829. The fraction of sp³-hybridized carbons (Fsp3) is 0.333. The van der Waals surface area contributed by atoms with Gasteiger partial charge in [0.2, 0.25) is 6.10 Å². The molecule has 17 heavy (non-hydrogen) atoms. The maximum Gasteiger partial charge on any atom is 0.347 e. The fourth-order valence-electron chi connectivity index (χ4n) is 1.73. The standard InChI is InChI=1S/C12H11BrO4/c1-2-16-12(15)10-6-7-5-8(13)3-4-9(7)11(14)17-10/h3-5,10H,2,6H2,1H3. The fourth-order valence-corrected chi connectivity index (χ4v) is 2.14. The lowest BCUT2D eigenvalue weighted by Crippen LogP contribution is -2.35. The van der Waals surface area contributed by atoms with Crippen LogP contribution in [-0.2, 0) is 20.7 Å². The zero-order valence-corrected chi connectivity index (χ0v) is 10.8. The van der Waals surface area contributed by atoms with E-state index in [9.17, 15) is 9.59 Å². The lowest BCUT2D eigenvalue weighted by atomic mass is 9.99. The highest BCUT2D eigenvalue weighted by Gasteiger charge is 2.32. The second kappa shape index (κ2) is 4.87. The monoisotopic (exact) mass is 298 g/mol. The molecule has 0 aliphatic carbocycles. The molecule has 5 heteroatoms. The number of benzene rings is 1. The Morgan fingerprint density at radius 2 is 2.35 bits per heavy atom. The number of halogens is 1. The average Bonchev–Trinajstić information content (AvgIpc) is 2.28. The number of cyclic esters (lactones) is 1. The number of fused-ring (bicyclic) bond motifs is 1. The smallest absolute Gasteiger partial charge is 0.347 e. The number of rotatable bonds is 2. The first-order chi connectivity index (χ1) is 8.11. The number of esters is 2. The average molecular weight is 299 g/mol. The highest BCUT2D eigenvalue weighted by Crippen LogP contribution is 2.24. The van der Waals surface area contributed by atoms with Crippen LogP contribution in [0.15, 0.2) is 22.7 Å². The Hall–Kier alpha value is -1.36. The summed E-state index contributed by atoms with van der Waals surface area (Å²) < 4.78 is 10.8. The Morgan fingerprint density at radius 1 is 1.59 bits per heavy atom. The van der Waals surface area contributed by atoms with Crippen molar-refractivity contribution in [3.63, 3.8) is 0 Å². The van der Waals surface area contributed by atoms with Crippen LogP contribution in [0, 0.1) is 0 Å². The molecule has 0 amide bonds. The molecule has 1 aromatic carbocycles. The van der Waals surface area contributed by atoms with Crippen LogP contribution >= 0.6 is 15.9 Å². The Bertz CT molecular complexity index is 470. The number of hydrogen-bond acceptors (Lipinski definition) is 4. The van der Waals surface area contributed by atoms with E-state index in [1.807, 2.05) is 6.07 Å². The zero-order valence-electron chi connectivity index (χ0n) is 9.23. The maximum absolute atomic E-state index is 11.7. The Balaban J connectivity index is 2.26. The molecular weight excluding hydrogens is 288 g/mol. The van der Waals surface area contributed by atoms with Crippen LogP contribution in [0.3, 0.4) is 0 Å². The molecule has 0 saturated heterocycles. The minimum Gasteiger partial charge on any atom is -0.463 e. The Morgan fingerprint density at radius 3 is 3.06 bits per heavy atom. The molecule has 0 bridgehead atoms. The Labute approximate surface area is 107 Å². The van der Waals surface area contributed by atoms with Crippen molar-refractivity contribution in [3.05, 3.63) is 33.8 Å². The molecule has 0 saturated carbocycles. The van der Waals surface area contributed by atoms with Crippen molar-refractivity contribution >= 4 is 27.9 Å². The van der Waals surface area contributed by atoms with Crippen molar-refractivity contribution in [1.29, 1.82) is 0 Å². The van der Waals surface area contributed by atoms with Crippen LogP contribution < -0.4 is 0 Å². The summed E-state index contributed by atoms with van der Waals surface area (Å²) in [5.74, 6) is -0.969. The number of ether oxygens (including phenoxy) is 2. The maximum atomic E-state index is 11.7. The summed E-state index contributed by atoms with van der Waals surface area (Å²) in [6, 6.07) is 5.27. The normalized spacial score (nSPS) is 18.2. The minimum absolute atomic E-state index is 0.276. The van der Waals surface area contributed by atoms with Gasteiger partial charge in [0, 0.05) is 10.9 Å². The van der Waals surface area contributed by atoms with E-state index in [0.717, 1.165) is 10.0 Å². The molecule has 0 radical (unpaired) electrons. The topological polar surface area (TPSA) is 52.6 Å². The highest BCUT2D eigenvalue weighted by molar-refractivity contribution is 9.10. The van der Waals surface area contributed by atoms with Gasteiger partial charge in [-0.2, -0.15) is 0 Å². The number of carbonyl (C=O) groups is 2. The molecule has 1 unspecified atom stereocenters. The second-order valence-corrected chi connectivity index (χ2v) is 4.57. The van der Waals surface area contributed by atoms with Crippen LogP contribution in [0.25, 0.3) is 0 Å². The molecule has 0 spiro atoms. The van der Waals surface area contributed by atoms with E-state index in [1.165, 1.54) is 0 Å². The van der Waals surface area contributed by atoms with Crippen LogP contribution in [0.4, 0.5) is 0 Å². The van der Waals surface area contributed by atoms with Crippen molar-refractivity contribution in [2.24, 2.45) is 0 Å². The lowest BCUT2D eigenvalue weighted by molar-refractivity contribution is -0.153. The first-order valence-corrected chi connectivity index (χ1v) is 6.07. The van der Waals surface area contributed by atoms with Crippen LogP contribution in [0.1, 0.15) is 22.8 Å². The van der Waals surface area contributed by atoms with Gasteiger partial charge in [-0.15, -0.1) is 0 Å². The molecule has 1 aliphatic rings. The molecule has 0 aromatic heterocycles. The van der Waals surface area contributed by atoms with E-state index in [4.69, 9.17) is 9.47 Å². The molecule has 2 rings (SSSR count). The summed E-state index contributed by atoms with van der Waals surface area (Å²) in [5.41, 5.74) is 1.31. The van der Waals surface area contributed by atoms with Gasteiger partial charge in [-0.3, -0.25) is 0 Å². The van der Waals surface area contributed by atoms with Gasteiger partial charge in [0.05, 0.1) is 12.2 Å². The summed E-state index contributed by atoms with van der Waals surface area (Å²) in [6.45, 7) is 1.99. The van der Waals surface area contributed by atoms with Crippen molar-refractivity contribution in [2.75, 3.05) is 6.61 Å². The van der Waals surface area contributed by atoms with Crippen LogP contribution in [-0.4, -0.2) is 24.6 Å². The molecule has 1 aliphatic heterocycles. The summed E-state index contributed by atoms with van der Waals surface area (Å²) in [5, 5.41) is 0. The van der Waals surface area contributed by atoms with Gasteiger partial charge in [0.25, 0.3) is 0 Å². The third-order valence-corrected chi connectivity index (χ3v) is 2.98. The molecule has 1 aromatic rings. The van der Waals surface area contributed by atoms with E-state index in [1.54, 1.807) is 19.1 Å².